The molecule has 0 aromatic heterocycles. The number of ether oxygens (including phenoxy) is 6. The minimum atomic E-state index is -1.86. The van der Waals surface area contributed by atoms with Crippen LogP contribution in [0.1, 0.15) is 99.8 Å². The number of carbonyl (C=O) groups excluding carboxylic acids is 1. The summed E-state index contributed by atoms with van der Waals surface area (Å²) in [6.45, 7) is 13.0. The number of rotatable bonds is 9. The Balaban J connectivity index is 0.985. The van der Waals surface area contributed by atoms with Crippen molar-refractivity contribution in [2.45, 2.75) is 204 Å². The summed E-state index contributed by atoms with van der Waals surface area (Å²) in [5.74, 6) is -0.386. The lowest BCUT2D eigenvalue weighted by Gasteiger charge is -2.71. The van der Waals surface area contributed by atoms with Crippen molar-refractivity contribution in [1.29, 1.82) is 0 Å². The maximum Gasteiger partial charge on any atom is 0.315 e. The molecule has 3 aliphatic heterocycles. The molecule has 19 heteroatoms. The summed E-state index contributed by atoms with van der Waals surface area (Å²) < 4.78 is 34.7. The summed E-state index contributed by atoms with van der Waals surface area (Å²) in [6, 6.07) is 0. The van der Waals surface area contributed by atoms with E-state index in [-0.39, 0.29) is 52.4 Å². The second kappa shape index (κ2) is 18.5. The molecular formula is C48H78O19. The molecular weight excluding hydrogens is 881 g/mol. The normalized spacial score (nSPS) is 56.7. The maximum absolute atomic E-state index is 15.0. The average molecular weight is 959 g/mol. The Hall–Kier alpha value is -1.47. The van der Waals surface area contributed by atoms with Crippen molar-refractivity contribution in [3.8, 4) is 0 Å². The maximum atomic E-state index is 15.0. The first-order chi connectivity index (χ1) is 31.4. The molecule has 12 N–H and O–H groups in total. The Labute approximate surface area is 392 Å². The van der Waals surface area contributed by atoms with E-state index in [1.165, 1.54) is 12.5 Å². The minimum Gasteiger partial charge on any atom is -0.432 e. The van der Waals surface area contributed by atoms with Crippen molar-refractivity contribution in [1.82, 2.24) is 0 Å². The molecule has 3 heterocycles. The first kappa shape index (κ1) is 51.9. The standard InChI is InChI=1S/C48H78O19/c1-20-10-13-48(15-14-46(6)23(29(48)21(20)2)8-9-28-44(4)16-24(51)39(60)45(5,19-50)27(44)11-12-47(28,46)7)43(61)67-42-36(58)33(55)31(53)26(65-42)18-62-40-37(59)34(56)38(25(17-49)64-40)66-41-35(57)32(54)30(52)22(3)63-41/h8,20-22,24-42,49-60H,9-19H2,1-7H3/t20-,21+,22-,24-,25-,26+,27?,28?,29+,30-,31+,32+,33-,34-,35-,36-,37-,38-,39-,40-,41+,42+,44+,45+,46-,47-,48+/m1/s1. The van der Waals surface area contributed by atoms with Gasteiger partial charge in [0.05, 0.1) is 43.5 Å². The quantitative estimate of drug-likeness (QED) is 0.0971. The molecule has 0 bridgehead atoms. The van der Waals surface area contributed by atoms with Crippen molar-refractivity contribution in [3.63, 3.8) is 0 Å². The van der Waals surface area contributed by atoms with Gasteiger partial charge in [0.1, 0.15) is 67.1 Å². The average Bonchev–Trinajstić information content (AvgIpc) is 3.29. The Kier molecular flexibility index (Phi) is 14.4. The number of carbonyl (C=O) groups is 1. The largest absolute Gasteiger partial charge is 0.432 e. The molecule has 0 aromatic carbocycles. The van der Waals surface area contributed by atoms with Gasteiger partial charge in [-0.15, -0.1) is 0 Å². The van der Waals surface area contributed by atoms with E-state index < -0.39 is 134 Å². The van der Waals surface area contributed by atoms with E-state index in [2.05, 4.69) is 40.7 Å². The van der Waals surface area contributed by atoms with Gasteiger partial charge in [-0.2, -0.15) is 0 Å². The highest BCUT2D eigenvalue weighted by Gasteiger charge is 2.71. The van der Waals surface area contributed by atoms with Crippen LogP contribution in [0.4, 0.5) is 0 Å². The van der Waals surface area contributed by atoms with Crippen LogP contribution in [0.25, 0.3) is 0 Å². The van der Waals surface area contributed by atoms with Crippen LogP contribution in [0.15, 0.2) is 11.6 Å². The monoisotopic (exact) mass is 959 g/mol. The van der Waals surface area contributed by atoms with Crippen LogP contribution in [0.5, 0.6) is 0 Å². The highest BCUT2D eigenvalue weighted by atomic mass is 16.8. The van der Waals surface area contributed by atoms with Gasteiger partial charge >= 0.3 is 5.97 Å². The summed E-state index contributed by atoms with van der Waals surface area (Å²) in [6.07, 6.45) is -18.9. The summed E-state index contributed by atoms with van der Waals surface area (Å²) in [5, 5.41) is 130. The fourth-order valence-electron chi connectivity index (χ4n) is 15.2. The summed E-state index contributed by atoms with van der Waals surface area (Å²) in [5.41, 5.74) is -1.64. The SMILES string of the molecule is C[C@H]1[C@H](C)CC[C@]2(C(=O)O[C@@H]3O[C@@H](CO[C@@H]4O[C@H](CO)[C@@H](O[C@@H]5O[C@H](C)[C@@H](O)[C@H](O)[C@H]5O)[C@H](O)[C@H]4O)[C@H](O)[C@@H](O)[C@H]3O)CC[C@]3(C)C(=CCC4[C@@]5(C)C[C@@H](O)[C@@H](O)[C@@](C)(CO)C5CC[C@]43C)[C@H]12. The van der Waals surface area contributed by atoms with Crippen LogP contribution < -0.4 is 0 Å². The van der Waals surface area contributed by atoms with Gasteiger partial charge in [0.2, 0.25) is 6.29 Å². The van der Waals surface area contributed by atoms with Gasteiger partial charge in [-0.25, -0.2) is 0 Å². The number of hydrogen-bond acceptors (Lipinski definition) is 19. The zero-order valence-corrected chi connectivity index (χ0v) is 39.8. The molecule has 3 saturated heterocycles. The lowest BCUT2D eigenvalue weighted by molar-refractivity contribution is -0.361. The predicted molar refractivity (Wildman–Crippen MR) is 231 cm³/mol. The van der Waals surface area contributed by atoms with Crippen LogP contribution in [-0.4, -0.2) is 191 Å². The van der Waals surface area contributed by atoms with Crippen molar-refractivity contribution in [3.05, 3.63) is 11.6 Å². The Morgan fingerprint density at radius 1 is 0.701 bits per heavy atom. The zero-order valence-electron chi connectivity index (χ0n) is 39.8. The lowest BCUT2D eigenvalue weighted by Crippen LogP contribution is -2.68. The molecule has 2 unspecified atom stereocenters. The Bertz CT molecular complexity index is 1820. The number of allylic oxidation sites excluding steroid dienone is 2. The molecule has 19 nitrogen and oxygen atoms in total. The van der Waals surface area contributed by atoms with Gasteiger partial charge in [-0.3, -0.25) is 4.79 Å². The van der Waals surface area contributed by atoms with E-state index in [0.29, 0.717) is 32.1 Å². The van der Waals surface area contributed by atoms with E-state index in [0.717, 1.165) is 19.3 Å². The summed E-state index contributed by atoms with van der Waals surface area (Å²) in [7, 11) is 0. The van der Waals surface area contributed by atoms with Crippen LogP contribution in [-0.2, 0) is 33.2 Å². The van der Waals surface area contributed by atoms with Crippen LogP contribution in [0.2, 0.25) is 0 Å². The number of hydrogen-bond donors (Lipinski definition) is 12. The molecule has 8 rings (SSSR count). The summed E-state index contributed by atoms with van der Waals surface area (Å²) in [4.78, 5) is 15.0. The van der Waals surface area contributed by atoms with Crippen LogP contribution in [0, 0.1) is 56.7 Å². The molecule has 8 aliphatic rings. The first-order valence-corrected chi connectivity index (χ1v) is 24.5. The Morgan fingerprint density at radius 2 is 1.34 bits per heavy atom. The number of fused-ring (bicyclic) bond motifs is 7. The highest BCUT2D eigenvalue weighted by molar-refractivity contribution is 5.79. The van der Waals surface area contributed by atoms with Gasteiger partial charge in [-0.05, 0) is 104 Å². The number of aliphatic hydroxyl groups excluding tert-OH is 12. The van der Waals surface area contributed by atoms with E-state index >= 15 is 4.79 Å². The number of esters is 1. The van der Waals surface area contributed by atoms with Gasteiger partial charge in [0.15, 0.2) is 12.6 Å². The molecule has 67 heavy (non-hydrogen) atoms. The van der Waals surface area contributed by atoms with Crippen molar-refractivity contribution >= 4 is 5.97 Å². The smallest absolute Gasteiger partial charge is 0.315 e. The minimum absolute atomic E-state index is 0.0112. The van der Waals surface area contributed by atoms with E-state index in [1.807, 2.05) is 6.92 Å². The molecule has 7 fully saturated rings. The van der Waals surface area contributed by atoms with Crippen molar-refractivity contribution in [2.75, 3.05) is 19.8 Å². The molecule has 27 atom stereocenters. The topological polar surface area (TPSA) is 315 Å². The molecule has 4 saturated carbocycles. The van der Waals surface area contributed by atoms with Crippen LogP contribution >= 0.6 is 0 Å². The fraction of sp³-hybridized carbons (Fsp3) is 0.938. The molecule has 384 valence electrons. The predicted octanol–water partition coefficient (Wildman–Crippen LogP) is -1.03. The van der Waals surface area contributed by atoms with E-state index in [9.17, 15) is 61.3 Å². The fourth-order valence-corrected chi connectivity index (χ4v) is 15.2. The first-order valence-electron chi connectivity index (χ1n) is 24.5. The van der Waals surface area contributed by atoms with Crippen molar-refractivity contribution in [2.24, 2.45) is 56.7 Å². The van der Waals surface area contributed by atoms with Gasteiger partial charge in [0, 0.05) is 5.41 Å². The molecule has 0 spiro atoms. The summed E-state index contributed by atoms with van der Waals surface area (Å²) >= 11 is 0. The van der Waals surface area contributed by atoms with Crippen molar-refractivity contribution < 1.29 is 94.5 Å². The third kappa shape index (κ3) is 7.92. The second-order valence-electron chi connectivity index (χ2n) is 22.9. The molecule has 0 amide bonds. The van der Waals surface area contributed by atoms with E-state index in [4.69, 9.17) is 28.4 Å². The molecule has 0 aromatic rings. The third-order valence-corrected chi connectivity index (χ3v) is 19.7. The molecule has 0 radical (unpaired) electrons. The molecule has 5 aliphatic carbocycles. The highest BCUT2D eigenvalue weighted by Crippen LogP contribution is 2.76. The number of aliphatic hydroxyl groups is 12. The van der Waals surface area contributed by atoms with Gasteiger partial charge in [0.25, 0.3) is 0 Å². The second-order valence-corrected chi connectivity index (χ2v) is 22.9. The van der Waals surface area contributed by atoms with Crippen LogP contribution in [0.3, 0.4) is 0 Å². The van der Waals surface area contributed by atoms with E-state index in [1.54, 1.807) is 0 Å². The lowest BCUT2D eigenvalue weighted by atomic mass is 9.33. The van der Waals surface area contributed by atoms with Gasteiger partial charge < -0.3 is 89.7 Å². The zero-order chi connectivity index (χ0) is 49.1. The Morgan fingerprint density at radius 3 is 2.01 bits per heavy atom. The third-order valence-electron chi connectivity index (χ3n) is 19.7. The van der Waals surface area contributed by atoms with Gasteiger partial charge in [-0.1, -0.05) is 53.2 Å².